The average Bonchev–Trinajstić information content (AvgIpc) is 3.96. The predicted molar refractivity (Wildman–Crippen MR) is 207 cm³/mol. The van der Waals surface area contributed by atoms with Gasteiger partial charge in [-0.05, 0) is 91.0 Å². The molecular formula is C45H30N8+2. The number of aromatic amines is 2. The molecule has 5 aromatic heterocycles. The normalized spacial score (nSPS) is 24.0. The summed E-state index contributed by atoms with van der Waals surface area (Å²) in [5.41, 5.74) is 19.2. The highest BCUT2D eigenvalue weighted by atomic mass is 15.6. The monoisotopic (exact) mass is 682 g/mol. The van der Waals surface area contributed by atoms with Crippen LogP contribution >= 0.6 is 0 Å². The first kappa shape index (κ1) is 26.9. The molecule has 13 heterocycles. The molecule has 1 spiro atoms. The molecule has 248 valence electrons. The van der Waals surface area contributed by atoms with Crippen molar-refractivity contribution in [2.75, 3.05) is 0 Å². The van der Waals surface area contributed by atoms with Crippen molar-refractivity contribution in [2.45, 2.75) is 24.7 Å². The summed E-state index contributed by atoms with van der Waals surface area (Å²) in [6, 6.07) is 23.8. The first-order valence-electron chi connectivity index (χ1n) is 18.5. The molecule has 2 N–H and O–H groups in total. The van der Waals surface area contributed by atoms with Crippen LogP contribution in [-0.4, -0.2) is 49.6 Å². The lowest BCUT2D eigenvalue weighted by Gasteiger charge is -2.38. The van der Waals surface area contributed by atoms with E-state index in [1.54, 1.807) is 0 Å². The summed E-state index contributed by atoms with van der Waals surface area (Å²) in [7, 11) is 0. The number of hydrogen-bond acceptors (Lipinski definition) is 2. The maximum atomic E-state index is 4.93. The van der Waals surface area contributed by atoms with Crippen molar-refractivity contribution in [3.05, 3.63) is 165 Å². The Morgan fingerprint density at radius 3 is 2.30 bits per heavy atom. The van der Waals surface area contributed by atoms with Crippen LogP contribution in [0.1, 0.15) is 52.1 Å². The van der Waals surface area contributed by atoms with Crippen LogP contribution in [0.4, 0.5) is 0 Å². The van der Waals surface area contributed by atoms with Gasteiger partial charge in [0.1, 0.15) is 5.57 Å². The van der Waals surface area contributed by atoms with Gasteiger partial charge in [-0.3, -0.25) is 4.98 Å². The number of fused-ring (bicyclic) bond motifs is 9. The second-order valence-corrected chi connectivity index (χ2v) is 15.3. The molecule has 0 fully saturated rings. The van der Waals surface area contributed by atoms with E-state index < -0.39 is 5.91 Å². The van der Waals surface area contributed by atoms with E-state index in [-0.39, 0.29) is 0 Å². The van der Waals surface area contributed by atoms with Crippen molar-refractivity contribution >= 4 is 69.9 Å². The van der Waals surface area contributed by atoms with Crippen molar-refractivity contribution in [1.29, 1.82) is 0 Å². The average molecular weight is 683 g/mol. The summed E-state index contributed by atoms with van der Waals surface area (Å²) in [4.78, 5) is 16.6. The first-order valence-corrected chi connectivity index (χ1v) is 18.5. The Morgan fingerprint density at radius 2 is 1.42 bits per heavy atom. The summed E-state index contributed by atoms with van der Waals surface area (Å²) in [6.07, 6.45) is 27.0. The molecule has 10 aliphatic rings. The van der Waals surface area contributed by atoms with Crippen molar-refractivity contribution in [3.63, 3.8) is 0 Å². The maximum absolute atomic E-state index is 4.93. The second kappa shape index (κ2) is 8.97. The quantitative estimate of drug-likeness (QED) is 0.197. The summed E-state index contributed by atoms with van der Waals surface area (Å²) in [5, 5.41) is 2.58. The second-order valence-electron chi connectivity index (χ2n) is 15.3. The largest absolute Gasteiger partial charge is 0.553 e. The molecule has 0 aromatic carbocycles. The third-order valence-corrected chi connectivity index (χ3v) is 12.4. The highest BCUT2D eigenvalue weighted by molar-refractivity contribution is 6.13. The molecule has 3 atom stereocenters. The number of nitrogens with one attached hydrogen (secondary N) is 2. The van der Waals surface area contributed by atoms with Crippen LogP contribution in [0.2, 0.25) is 0 Å². The summed E-state index contributed by atoms with van der Waals surface area (Å²) in [5.74, 6) is 0.492. The molecule has 8 nitrogen and oxygen atoms in total. The van der Waals surface area contributed by atoms with Gasteiger partial charge in [-0.15, -0.1) is 0 Å². The van der Waals surface area contributed by atoms with Crippen LogP contribution in [0.15, 0.2) is 114 Å². The Hall–Kier alpha value is -6.80. The van der Waals surface area contributed by atoms with Gasteiger partial charge in [0, 0.05) is 76.4 Å². The molecule has 15 rings (SSSR count). The van der Waals surface area contributed by atoms with E-state index in [4.69, 9.17) is 4.98 Å². The SMILES string of the molecule is C1=CC2=[N+]3C1=Cc1ccc4n1C31n3c(ccc3=C4)=CC3=[N+]1C1=C2C=CC1C3.C1=Cc2cc3ccc([nH]3)c3c4nc(cc5ccc(cc1n2)[nH]5)CC4C=C3. The minimum Gasteiger partial charge on any atom is -0.355 e. The molecule has 3 unspecified atom stereocenters. The van der Waals surface area contributed by atoms with E-state index in [0.717, 1.165) is 52.0 Å². The van der Waals surface area contributed by atoms with Crippen LogP contribution in [-0.2, 0) is 12.3 Å². The summed E-state index contributed by atoms with van der Waals surface area (Å²) >= 11 is 0. The number of H-pyrrole nitrogens is 2. The molecule has 53 heavy (non-hydrogen) atoms. The van der Waals surface area contributed by atoms with E-state index in [2.05, 4.69) is 155 Å². The smallest absolute Gasteiger partial charge is 0.355 e. The number of allylic oxidation sites excluding steroid dienone is 6. The Labute approximate surface area is 302 Å². The molecule has 8 heteroatoms. The molecule has 0 radical (unpaired) electrons. The van der Waals surface area contributed by atoms with Crippen LogP contribution in [0.5, 0.6) is 0 Å². The fourth-order valence-electron chi connectivity index (χ4n) is 10.4. The number of hydrogen-bond donors (Lipinski definition) is 2. The third-order valence-electron chi connectivity index (χ3n) is 12.4. The van der Waals surface area contributed by atoms with Crippen molar-refractivity contribution in [2.24, 2.45) is 5.92 Å². The van der Waals surface area contributed by atoms with Gasteiger partial charge >= 0.3 is 5.91 Å². The molecule has 0 amide bonds. The minimum absolute atomic E-state index is 0.391. The van der Waals surface area contributed by atoms with Gasteiger partial charge in [-0.1, -0.05) is 27.4 Å². The van der Waals surface area contributed by atoms with Gasteiger partial charge in [-0.25, -0.2) is 4.98 Å². The van der Waals surface area contributed by atoms with Gasteiger partial charge in [0.25, 0.3) is 0 Å². The summed E-state index contributed by atoms with van der Waals surface area (Å²) < 4.78 is 10.3. The zero-order valence-electron chi connectivity index (χ0n) is 28.5. The highest BCUT2D eigenvalue weighted by Crippen LogP contribution is 2.50. The van der Waals surface area contributed by atoms with Gasteiger partial charge in [0.15, 0.2) is 5.71 Å². The fraction of sp³-hybridized carbons (Fsp3) is 0.111. The Kier molecular flexibility index (Phi) is 4.56. The first-order chi connectivity index (χ1) is 26.2. The standard InChI is InChI=1S/C23H14N4.C22H16N4/c1-7-20-21-8-6-18-11-16-3-2-14-10-15-4-5-17-12-19-9-13(1)22(20)27(19)23(24(14)16,25(15)17)26(18)21;1-7-20-21-8-6-18(25-21)11-16-3-2-14(23-16)10-15-4-5-17(24-15)12-19-9-13(1)22(20)26-19/h1-8,10-13H,9H2;1-8,10-13,24-25H,9H2/q+2;. The van der Waals surface area contributed by atoms with Crippen LogP contribution in [0.3, 0.4) is 0 Å². The van der Waals surface area contributed by atoms with E-state index in [0.29, 0.717) is 11.8 Å². The lowest BCUT2D eigenvalue weighted by molar-refractivity contribution is -0.838. The molecule has 8 aliphatic heterocycles. The van der Waals surface area contributed by atoms with E-state index in [1.165, 1.54) is 61.7 Å². The predicted octanol–water partition coefficient (Wildman–Crippen LogP) is 5.87. The molecule has 0 saturated heterocycles. The maximum Gasteiger partial charge on any atom is 0.553 e. The fourth-order valence-corrected chi connectivity index (χ4v) is 10.4. The molecule has 5 aromatic rings. The number of aromatic nitrogens is 6. The Morgan fingerprint density at radius 1 is 0.642 bits per heavy atom. The highest BCUT2D eigenvalue weighted by Gasteiger charge is 2.72. The van der Waals surface area contributed by atoms with Crippen LogP contribution in [0.25, 0.3) is 58.5 Å². The summed E-state index contributed by atoms with van der Waals surface area (Å²) in [6.45, 7) is 0. The molecule has 8 bridgehead atoms. The topological polar surface area (TPSA) is 73.2 Å². The van der Waals surface area contributed by atoms with Crippen molar-refractivity contribution in [3.8, 4) is 0 Å². The molecule has 2 aliphatic carbocycles. The molecular weight excluding hydrogens is 653 g/mol. The minimum atomic E-state index is -0.399. The number of nitrogens with zero attached hydrogens (tertiary/aromatic N) is 6. The third kappa shape index (κ3) is 3.25. The van der Waals surface area contributed by atoms with E-state index in [1.807, 2.05) is 12.2 Å². The Bertz CT molecular complexity index is 3240. The Balaban J connectivity index is 0.000000110. The van der Waals surface area contributed by atoms with Crippen molar-refractivity contribution in [1.82, 2.24) is 29.1 Å². The van der Waals surface area contributed by atoms with Crippen LogP contribution in [0, 0.1) is 5.92 Å². The lowest BCUT2D eigenvalue weighted by Crippen LogP contribution is -2.69. The number of rotatable bonds is 0. The van der Waals surface area contributed by atoms with Gasteiger partial charge < -0.3 is 9.97 Å². The lowest BCUT2D eigenvalue weighted by atomic mass is 10.0. The zero-order chi connectivity index (χ0) is 34.2. The van der Waals surface area contributed by atoms with Gasteiger partial charge in [0.2, 0.25) is 17.1 Å². The van der Waals surface area contributed by atoms with E-state index >= 15 is 0 Å². The van der Waals surface area contributed by atoms with E-state index in [9.17, 15) is 0 Å². The molecule has 0 saturated carbocycles. The van der Waals surface area contributed by atoms with Crippen molar-refractivity contribution < 1.29 is 9.15 Å². The van der Waals surface area contributed by atoms with Crippen LogP contribution < -0.4 is 10.7 Å². The van der Waals surface area contributed by atoms with Gasteiger partial charge in [0.05, 0.1) is 45.1 Å². The zero-order valence-corrected chi connectivity index (χ0v) is 28.5. The van der Waals surface area contributed by atoms with Gasteiger partial charge in [-0.2, -0.15) is 9.13 Å².